The lowest BCUT2D eigenvalue weighted by Gasteiger charge is -2.30. The zero-order valence-electron chi connectivity index (χ0n) is 8.39. The SMILES string of the molecule is Cl.NC1CCCN(C(=O)c2cccs2)C1. The average molecular weight is 247 g/mol. The molecule has 0 aliphatic carbocycles. The third-order valence-electron chi connectivity index (χ3n) is 2.48. The fourth-order valence-electron chi connectivity index (χ4n) is 1.75. The van der Waals surface area contributed by atoms with Crippen LogP contribution in [0.4, 0.5) is 0 Å². The van der Waals surface area contributed by atoms with Gasteiger partial charge in [0.25, 0.3) is 5.91 Å². The van der Waals surface area contributed by atoms with Gasteiger partial charge in [-0.3, -0.25) is 4.79 Å². The van der Waals surface area contributed by atoms with Gasteiger partial charge in [0.15, 0.2) is 0 Å². The van der Waals surface area contributed by atoms with E-state index >= 15 is 0 Å². The van der Waals surface area contributed by atoms with Gasteiger partial charge < -0.3 is 10.6 Å². The predicted octanol–water partition coefficient (Wildman–Crippen LogP) is 1.73. The molecule has 15 heavy (non-hydrogen) atoms. The Morgan fingerprint density at radius 2 is 2.40 bits per heavy atom. The first-order valence-corrected chi connectivity index (χ1v) is 5.73. The zero-order chi connectivity index (χ0) is 9.97. The van der Waals surface area contributed by atoms with Crippen molar-refractivity contribution < 1.29 is 4.79 Å². The van der Waals surface area contributed by atoms with Gasteiger partial charge in [-0.25, -0.2) is 0 Å². The van der Waals surface area contributed by atoms with Gasteiger partial charge in [0.05, 0.1) is 4.88 Å². The predicted molar refractivity (Wildman–Crippen MR) is 64.7 cm³/mol. The molecule has 0 saturated carbocycles. The standard InChI is InChI=1S/C10H14N2OS.ClH/c11-8-3-1-5-12(7-8)10(13)9-4-2-6-14-9;/h2,4,6,8H,1,3,5,7,11H2;1H. The summed E-state index contributed by atoms with van der Waals surface area (Å²) in [6, 6.07) is 3.93. The van der Waals surface area contributed by atoms with Gasteiger partial charge in [0.2, 0.25) is 0 Å². The van der Waals surface area contributed by atoms with Crippen LogP contribution in [0.25, 0.3) is 0 Å². The van der Waals surface area contributed by atoms with E-state index in [2.05, 4.69) is 0 Å². The first kappa shape index (κ1) is 12.5. The van der Waals surface area contributed by atoms with Crippen LogP contribution in [0.2, 0.25) is 0 Å². The van der Waals surface area contributed by atoms with Gasteiger partial charge >= 0.3 is 0 Å². The molecule has 0 spiro atoms. The summed E-state index contributed by atoms with van der Waals surface area (Å²) in [5, 5.41) is 1.93. The maximum Gasteiger partial charge on any atom is 0.263 e. The lowest BCUT2D eigenvalue weighted by molar-refractivity contribution is 0.0714. The minimum absolute atomic E-state index is 0. The molecule has 1 atom stereocenters. The second-order valence-corrected chi connectivity index (χ2v) is 4.58. The molecule has 0 bridgehead atoms. The van der Waals surface area contributed by atoms with Gasteiger partial charge in [0, 0.05) is 19.1 Å². The fourth-order valence-corrected chi connectivity index (χ4v) is 2.44. The molecule has 1 fully saturated rings. The molecular formula is C10H15ClN2OS. The van der Waals surface area contributed by atoms with Crippen LogP contribution >= 0.6 is 23.7 Å². The summed E-state index contributed by atoms with van der Waals surface area (Å²) in [5.41, 5.74) is 5.83. The smallest absolute Gasteiger partial charge is 0.263 e. The number of nitrogens with two attached hydrogens (primary N) is 1. The van der Waals surface area contributed by atoms with Crippen molar-refractivity contribution >= 4 is 29.7 Å². The van der Waals surface area contributed by atoms with E-state index in [1.807, 2.05) is 22.4 Å². The number of piperidine rings is 1. The summed E-state index contributed by atoms with van der Waals surface area (Å²) in [6.07, 6.45) is 2.06. The molecule has 1 aliphatic rings. The molecule has 2 heterocycles. The summed E-state index contributed by atoms with van der Waals surface area (Å²) >= 11 is 1.49. The quantitative estimate of drug-likeness (QED) is 0.821. The Balaban J connectivity index is 0.00000112. The van der Waals surface area contributed by atoms with E-state index in [1.54, 1.807) is 0 Å². The van der Waals surface area contributed by atoms with Gasteiger partial charge in [-0.15, -0.1) is 23.7 Å². The number of hydrogen-bond acceptors (Lipinski definition) is 3. The van der Waals surface area contributed by atoms with Crippen molar-refractivity contribution in [3.8, 4) is 0 Å². The van der Waals surface area contributed by atoms with Crippen LogP contribution in [0.15, 0.2) is 17.5 Å². The minimum Gasteiger partial charge on any atom is -0.336 e. The molecular weight excluding hydrogens is 232 g/mol. The Bertz CT molecular complexity index is 315. The highest BCUT2D eigenvalue weighted by molar-refractivity contribution is 7.12. The number of thiophene rings is 1. The average Bonchev–Trinajstić information content (AvgIpc) is 2.69. The second kappa shape index (κ2) is 5.49. The topological polar surface area (TPSA) is 46.3 Å². The molecule has 2 N–H and O–H groups in total. The maximum absolute atomic E-state index is 11.9. The number of nitrogens with zero attached hydrogens (tertiary/aromatic N) is 1. The summed E-state index contributed by atoms with van der Waals surface area (Å²) < 4.78 is 0. The van der Waals surface area contributed by atoms with Crippen molar-refractivity contribution in [2.24, 2.45) is 5.73 Å². The summed E-state index contributed by atoms with van der Waals surface area (Å²) in [4.78, 5) is 14.6. The van der Waals surface area contributed by atoms with E-state index in [9.17, 15) is 4.79 Å². The fraction of sp³-hybridized carbons (Fsp3) is 0.500. The van der Waals surface area contributed by atoms with Crippen LogP contribution in [0, 0.1) is 0 Å². The van der Waals surface area contributed by atoms with E-state index in [4.69, 9.17) is 5.73 Å². The molecule has 1 aromatic rings. The van der Waals surface area contributed by atoms with Crippen LogP contribution in [0.1, 0.15) is 22.5 Å². The molecule has 1 aliphatic heterocycles. The van der Waals surface area contributed by atoms with Crippen molar-refractivity contribution in [3.63, 3.8) is 0 Å². The first-order chi connectivity index (χ1) is 6.77. The Hall–Kier alpha value is -0.580. The molecule has 1 saturated heterocycles. The number of rotatable bonds is 1. The normalized spacial score (nSPS) is 20.9. The van der Waals surface area contributed by atoms with Gasteiger partial charge in [-0.05, 0) is 24.3 Å². The maximum atomic E-state index is 11.9. The van der Waals surface area contributed by atoms with Crippen LogP contribution in [0.3, 0.4) is 0 Å². The van der Waals surface area contributed by atoms with E-state index in [0.29, 0.717) is 6.54 Å². The number of carbonyl (C=O) groups is 1. The number of carbonyl (C=O) groups excluding carboxylic acids is 1. The minimum atomic E-state index is 0. The number of likely N-dealkylation sites (tertiary alicyclic amines) is 1. The monoisotopic (exact) mass is 246 g/mol. The molecule has 84 valence electrons. The van der Waals surface area contributed by atoms with Crippen LogP contribution in [-0.4, -0.2) is 29.9 Å². The number of hydrogen-bond donors (Lipinski definition) is 1. The summed E-state index contributed by atoms with van der Waals surface area (Å²) in [5.74, 6) is 0.134. The summed E-state index contributed by atoms with van der Waals surface area (Å²) in [6.45, 7) is 1.56. The Labute approximate surface area is 99.7 Å². The number of amides is 1. The third kappa shape index (κ3) is 2.93. The second-order valence-electron chi connectivity index (χ2n) is 3.63. The van der Waals surface area contributed by atoms with Crippen molar-refractivity contribution in [1.82, 2.24) is 4.90 Å². The van der Waals surface area contributed by atoms with Crippen LogP contribution in [0.5, 0.6) is 0 Å². The molecule has 1 unspecified atom stereocenters. The van der Waals surface area contributed by atoms with Gasteiger partial charge in [-0.1, -0.05) is 6.07 Å². The Kier molecular flexibility index (Phi) is 4.57. The Morgan fingerprint density at radius 3 is 3.00 bits per heavy atom. The highest BCUT2D eigenvalue weighted by Crippen LogP contribution is 2.15. The largest absolute Gasteiger partial charge is 0.336 e. The zero-order valence-corrected chi connectivity index (χ0v) is 10.0. The van der Waals surface area contributed by atoms with Crippen molar-refractivity contribution in [1.29, 1.82) is 0 Å². The molecule has 3 nitrogen and oxygen atoms in total. The molecule has 1 amide bonds. The van der Waals surface area contributed by atoms with Gasteiger partial charge in [-0.2, -0.15) is 0 Å². The highest BCUT2D eigenvalue weighted by Gasteiger charge is 2.22. The summed E-state index contributed by atoms with van der Waals surface area (Å²) in [7, 11) is 0. The molecule has 0 radical (unpaired) electrons. The molecule has 5 heteroatoms. The van der Waals surface area contributed by atoms with Crippen LogP contribution < -0.4 is 5.73 Å². The molecule has 2 rings (SSSR count). The first-order valence-electron chi connectivity index (χ1n) is 4.86. The van der Waals surface area contributed by atoms with Crippen molar-refractivity contribution in [2.75, 3.05) is 13.1 Å². The highest BCUT2D eigenvalue weighted by atomic mass is 35.5. The Morgan fingerprint density at radius 1 is 1.60 bits per heavy atom. The molecule has 0 aromatic carbocycles. The van der Waals surface area contributed by atoms with E-state index in [-0.39, 0.29) is 24.4 Å². The van der Waals surface area contributed by atoms with E-state index < -0.39 is 0 Å². The van der Waals surface area contributed by atoms with E-state index in [0.717, 1.165) is 24.3 Å². The van der Waals surface area contributed by atoms with E-state index in [1.165, 1.54) is 11.3 Å². The van der Waals surface area contributed by atoms with Gasteiger partial charge in [0.1, 0.15) is 0 Å². The number of halogens is 1. The van der Waals surface area contributed by atoms with Crippen molar-refractivity contribution in [2.45, 2.75) is 18.9 Å². The van der Waals surface area contributed by atoms with Crippen molar-refractivity contribution in [3.05, 3.63) is 22.4 Å². The lowest BCUT2D eigenvalue weighted by atomic mass is 10.1. The lowest BCUT2D eigenvalue weighted by Crippen LogP contribution is -2.45. The third-order valence-corrected chi connectivity index (χ3v) is 3.33. The molecule has 1 aromatic heterocycles. The van der Waals surface area contributed by atoms with Crippen LogP contribution in [-0.2, 0) is 0 Å².